The average Bonchev–Trinajstić information content (AvgIpc) is 3.24. The number of rotatable bonds is 25. The lowest BCUT2D eigenvalue weighted by molar-refractivity contribution is -0.386. The highest BCUT2D eigenvalue weighted by Gasteiger charge is 2.53. The lowest BCUT2D eigenvalue weighted by atomic mass is 9.52. The molecule has 3 aromatic rings. The topological polar surface area (TPSA) is 148 Å². The summed E-state index contributed by atoms with van der Waals surface area (Å²) < 4.78 is 17.6. The number of unbranched alkanes of at least 4 members (excludes halogenated alkanes) is 13. The summed E-state index contributed by atoms with van der Waals surface area (Å²) in [4.78, 5) is 51.4. The smallest absolute Gasteiger partial charge is 0.343 e. The number of hydrogen-bond donors (Lipinski definition) is 0. The molecule has 3 fully saturated rings. The standard InChI is InChI=1S/C51H70N2O9/c1-7-9-11-12-13-14-15-16-17-18-19-21-33-60-41-24-22-40(23-25-41)48(54)61-42-34-36(3)44(38(5)46(42)52(56)57)45-37(4)35-43(47(39(45)6)53(58)59)62-49(55)51-30-27-50(28-31-51,29-32-51)26-20-10-8-2/h22-25,34-35H,7-21,26-33H2,1-6H3. The first-order chi connectivity index (χ1) is 29.8. The third-order valence-electron chi connectivity index (χ3n) is 13.9. The second-order valence-electron chi connectivity index (χ2n) is 18.4. The zero-order chi connectivity index (χ0) is 44.9. The van der Waals surface area contributed by atoms with Gasteiger partial charge in [-0.1, -0.05) is 104 Å². The highest BCUT2D eigenvalue weighted by molar-refractivity contribution is 5.93. The lowest BCUT2D eigenvalue weighted by Crippen LogP contribution is -2.47. The summed E-state index contributed by atoms with van der Waals surface area (Å²) in [5, 5.41) is 25.3. The Morgan fingerprint density at radius 2 is 1.03 bits per heavy atom. The molecule has 0 aromatic heterocycles. The summed E-state index contributed by atoms with van der Waals surface area (Å²) in [5.74, 6) is -0.900. The molecule has 6 rings (SSSR count). The summed E-state index contributed by atoms with van der Waals surface area (Å²) >= 11 is 0. The van der Waals surface area contributed by atoms with E-state index in [4.69, 9.17) is 14.2 Å². The minimum absolute atomic E-state index is 0.116. The Bertz CT molecular complexity index is 2020. The Hall–Kier alpha value is -4.80. The third-order valence-corrected chi connectivity index (χ3v) is 13.9. The lowest BCUT2D eigenvalue weighted by Gasteiger charge is -2.52. The number of nitro groups is 2. The van der Waals surface area contributed by atoms with Crippen molar-refractivity contribution in [3.8, 4) is 28.4 Å². The van der Waals surface area contributed by atoms with E-state index in [0.29, 0.717) is 34.6 Å². The Morgan fingerprint density at radius 1 is 0.597 bits per heavy atom. The summed E-state index contributed by atoms with van der Waals surface area (Å²) in [5.41, 5.74) is 1.41. The van der Waals surface area contributed by atoms with Gasteiger partial charge in [-0.05, 0) is 143 Å². The molecule has 0 atom stereocenters. The number of ether oxygens (including phenoxy) is 3. The average molecular weight is 855 g/mol. The molecule has 0 amide bonds. The Kier molecular flexibility index (Phi) is 17.5. The normalized spacial score (nSPS) is 18.1. The number of fused-ring (bicyclic) bond motifs is 3. The molecule has 0 saturated heterocycles. The van der Waals surface area contributed by atoms with Crippen LogP contribution in [0.4, 0.5) is 11.4 Å². The summed E-state index contributed by atoms with van der Waals surface area (Å²) in [6.45, 7) is 11.6. The second kappa shape index (κ2) is 22.5. The van der Waals surface area contributed by atoms with E-state index >= 15 is 0 Å². The van der Waals surface area contributed by atoms with Crippen LogP contribution in [0.5, 0.6) is 17.2 Å². The molecule has 3 aliphatic rings. The van der Waals surface area contributed by atoms with Crippen LogP contribution < -0.4 is 14.2 Å². The number of hydrogen-bond acceptors (Lipinski definition) is 9. The van der Waals surface area contributed by atoms with Crippen LogP contribution >= 0.6 is 0 Å². The van der Waals surface area contributed by atoms with Gasteiger partial charge in [-0.25, -0.2) is 4.79 Å². The molecule has 11 nitrogen and oxygen atoms in total. The van der Waals surface area contributed by atoms with Crippen LogP contribution in [0.15, 0.2) is 36.4 Å². The molecular formula is C51H70N2O9. The molecule has 0 aliphatic heterocycles. The van der Waals surface area contributed by atoms with E-state index in [2.05, 4.69) is 13.8 Å². The number of aryl methyl sites for hydroxylation is 2. The minimum atomic E-state index is -0.765. The van der Waals surface area contributed by atoms with Crippen LogP contribution in [-0.4, -0.2) is 28.4 Å². The van der Waals surface area contributed by atoms with Gasteiger partial charge in [0.2, 0.25) is 11.5 Å². The zero-order valence-electron chi connectivity index (χ0n) is 38.3. The maximum atomic E-state index is 13.9. The second-order valence-corrected chi connectivity index (χ2v) is 18.4. The van der Waals surface area contributed by atoms with E-state index in [1.165, 1.54) is 102 Å². The molecule has 0 heterocycles. The fourth-order valence-electron chi connectivity index (χ4n) is 10.1. The number of benzene rings is 3. The molecule has 3 aromatic carbocycles. The van der Waals surface area contributed by atoms with Crippen molar-refractivity contribution in [2.75, 3.05) is 6.61 Å². The van der Waals surface area contributed by atoms with E-state index in [9.17, 15) is 29.8 Å². The fraction of sp³-hybridized carbons (Fsp3) is 0.608. The molecule has 11 heteroatoms. The Balaban J connectivity index is 1.23. The van der Waals surface area contributed by atoms with Crippen LogP contribution in [0.1, 0.15) is 188 Å². The molecule has 3 saturated carbocycles. The van der Waals surface area contributed by atoms with Crippen molar-refractivity contribution in [1.82, 2.24) is 0 Å². The van der Waals surface area contributed by atoms with Gasteiger partial charge in [0, 0.05) is 11.1 Å². The first-order valence-electron chi connectivity index (χ1n) is 23.5. The van der Waals surface area contributed by atoms with Crippen molar-refractivity contribution < 1.29 is 33.6 Å². The number of esters is 2. The van der Waals surface area contributed by atoms with Gasteiger partial charge in [0.05, 0.1) is 27.4 Å². The van der Waals surface area contributed by atoms with E-state index < -0.39 is 32.9 Å². The largest absolute Gasteiger partial charge is 0.494 e. The van der Waals surface area contributed by atoms with Gasteiger partial charge in [0.25, 0.3) is 0 Å². The van der Waals surface area contributed by atoms with E-state index in [-0.39, 0.29) is 39.3 Å². The summed E-state index contributed by atoms with van der Waals surface area (Å²) in [7, 11) is 0. The molecule has 0 radical (unpaired) electrons. The third kappa shape index (κ3) is 11.8. The van der Waals surface area contributed by atoms with Gasteiger partial charge in [-0.3, -0.25) is 25.0 Å². The number of carbonyl (C=O) groups excluding carboxylic acids is 2. The first kappa shape index (κ1) is 48.2. The van der Waals surface area contributed by atoms with Crippen molar-refractivity contribution in [2.45, 2.75) is 183 Å². The Morgan fingerprint density at radius 3 is 1.50 bits per heavy atom. The molecule has 2 bridgehead atoms. The predicted molar refractivity (Wildman–Crippen MR) is 244 cm³/mol. The van der Waals surface area contributed by atoms with Gasteiger partial charge in [0.1, 0.15) is 5.75 Å². The fourth-order valence-corrected chi connectivity index (χ4v) is 10.1. The van der Waals surface area contributed by atoms with Crippen molar-refractivity contribution in [1.29, 1.82) is 0 Å². The number of nitrogens with zero attached hydrogens (tertiary/aromatic N) is 2. The van der Waals surface area contributed by atoms with Gasteiger partial charge in [-0.2, -0.15) is 0 Å². The highest BCUT2D eigenvalue weighted by Crippen LogP contribution is 2.59. The van der Waals surface area contributed by atoms with Crippen LogP contribution in [-0.2, 0) is 4.79 Å². The van der Waals surface area contributed by atoms with Gasteiger partial charge < -0.3 is 14.2 Å². The molecule has 62 heavy (non-hydrogen) atoms. The molecule has 0 spiro atoms. The van der Waals surface area contributed by atoms with Crippen molar-refractivity contribution in [3.63, 3.8) is 0 Å². The van der Waals surface area contributed by atoms with Crippen LogP contribution in [0.2, 0.25) is 0 Å². The highest BCUT2D eigenvalue weighted by atomic mass is 16.6. The van der Waals surface area contributed by atoms with Crippen LogP contribution in [0.25, 0.3) is 11.1 Å². The SMILES string of the molecule is CCCCCCCCCCCCCCOc1ccc(C(=O)Oc2cc(C)c(-c3c(C)cc(OC(=O)C45CCC(CCCCC)(CC4)CC5)c([N+](=O)[O-])c3C)c(C)c2[N+](=O)[O-])cc1. The van der Waals surface area contributed by atoms with Gasteiger partial charge in [0.15, 0.2) is 0 Å². The Labute approximate surface area is 369 Å². The summed E-state index contributed by atoms with van der Waals surface area (Å²) in [6.07, 6.45) is 25.0. The summed E-state index contributed by atoms with van der Waals surface area (Å²) in [6, 6.07) is 9.45. The van der Waals surface area contributed by atoms with Crippen molar-refractivity contribution >= 4 is 23.3 Å². The number of nitro benzene ring substituents is 2. The maximum absolute atomic E-state index is 13.9. The molecule has 3 aliphatic carbocycles. The van der Waals surface area contributed by atoms with Crippen LogP contribution in [0, 0.1) is 58.8 Å². The molecular weight excluding hydrogens is 785 g/mol. The molecule has 338 valence electrons. The van der Waals surface area contributed by atoms with Gasteiger partial charge in [-0.15, -0.1) is 0 Å². The monoisotopic (exact) mass is 855 g/mol. The van der Waals surface area contributed by atoms with E-state index in [1.54, 1.807) is 52.0 Å². The van der Waals surface area contributed by atoms with Crippen LogP contribution in [0.3, 0.4) is 0 Å². The maximum Gasteiger partial charge on any atom is 0.343 e. The van der Waals surface area contributed by atoms with E-state index in [0.717, 1.165) is 51.4 Å². The van der Waals surface area contributed by atoms with E-state index in [1.807, 2.05) is 0 Å². The van der Waals surface area contributed by atoms with Crippen molar-refractivity contribution in [3.05, 3.63) is 84.4 Å². The minimum Gasteiger partial charge on any atom is -0.494 e. The van der Waals surface area contributed by atoms with Crippen molar-refractivity contribution in [2.24, 2.45) is 10.8 Å². The number of carbonyl (C=O) groups is 2. The zero-order valence-corrected chi connectivity index (χ0v) is 38.3. The molecule has 0 unspecified atom stereocenters. The quantitative estimate of drug-likeness (QED) is 0.0267. The van der Waals surface area contributed by atoms with Gasteiger partial charge >= 0.3 is 23.3 Å². The molecule has 0 N–H and O–H groups in total. The first-order valence-corrected chi connectivity index (χ1v) is 23.5. The predicted octanol–water partition coefficient (Wildman–Crippen LogP) is 14.5.